The molecule has 2 aliphatic carbocycles. The molecule has 0 unspecified atom stereocenters. The number of hydrogen-bond donors (Lipinski definition) is 1. The molecule has 0 atom stereocenters. The highest BCUT2D eigenvalue weighted by molar-refractivity contribution is 6.02. The first kappa shape index (κ1) is 24.6. The van der Waals surface area contributed by atoms with E-state index >= 15 is 0 Å². The first-order chi connectivity index (χ1) is 16.5. The number of anilines is 2. The fourth-order valence-corrected chi connectivity index (χ4v) is 5.77. The highest BCUT2D eigenvalue weighted by Gasteiger charge is 2.31. The van der Waals surface area contributed by atoms with Crippen LogP contribution in [0.4, 0.5) is 11.4 Å². The Morgan fingerprint density at radius 2 is 1.47 bits per heavy atom. The molecule has 1 aromatic rings. The van der Waals surface area contributed by atoms with Gasteiger partial charge in [0.25, 0.3) is 5.91 Å². The standard InChI is InChI=1S/C27H40N4O3/c1-3-29(4-2)27(34)23-19-22(28-25(32)20-9-5-6-10-20)13-14-24(23)30-15-17-31(18-16-30)26(33)21-11-7-8-12-21/h13-14,19-21H,3-12,15-18H2,1-2H3,(H,28,32). The second-order valence-corrected chi connectivity index (χ2v) is 9.97. The average Bonchev–Trinajstić information content (AvgIpc) is 3.59. The van der Waals surface area contributed by atoms with Crippen molar-refractivity contribution < 1.29 is 14.4 Å². The zero-order chi connectivity index (χ0) is 24.1. The predicted molar refractivity (Wildman–Crippen MR) is 135 cm³/mol. The van der Waals surface area contributed by atoms with Crippen LogP contribution in [0.2, 0.25) is 0 Å². The van der Waals surface area contributed by atoms with E-state index in [9.17, 15) is 14.4 Å². The molecule has 0 aromatic heterocycles. The lowest BCUT2D eigenvalue weighted by Crippen LogP contribution is -2.50. The third kappa shape index (κ3) is 5.39. The van der Waals surface area contributed by atoms with Crippen LogP contribution in [0.1, 0.15) is 75.6 Å². The van der Waals surface area contributed by atoms with Crippen molar-refractivity contribution in [3.8, 4) is 0 Å². The van der Waals surface area contributed by atoms with Crippen LogP contribution in [0.25, 0.3) is 0 Å². The van der Waals surface area contributed by atoms with Crippen molar-refractivity contribution in [1.29, 1.82) is 0 Å². The molecule has 2 saturated carbocycles. The van der Waals surface area contributed by atoms with Crippen molar-refractivity contribution in [1.82, 2.24) is 9.80 Å². The van der Waals surface area contributed by atoms with Gasteiger partial charge in [0, 0.05) is 62.5 Å². The quantitative estimate of drug-likeness (QED) is 0.653. The van der Waals surface area contributed by atoms with Gasteiger partial charge in [0.15, 0.2) is 0 Å². The summed E-state index contributed by atoms with van der Waals surface area (Å²) in [6, 6.07) is 5.73. The van der Waals surface area contributed by atoms with Gasteiger partial charge in [0.1, 0.15) is 0 Å². The molecular formula is C27H40N4O3. The minimum Gasteiger partial charge on any atom is -0.367 e. The number of amides is 3. The number of hydrogen-bond acceptors (Lipinski definition) is 4. The summed E-state index contributed by atoms with van der Waals surface area (Å²) in [5.41, 5.74) is 2.21. The number of rotatable bonds is 7. The van der Waals surface area contributed by atoms with E-state index in [4.69, 9.17) is 0 Å². The van der Waals surface area contributed by atoms with Crippen LogP contribution in [-0.4, -0.2) is 66.8 Å². The molecular weight excluding hydrogens is 428 g/mol. The summed E-state index contributed by atoms with van der Waals surface area (Å²) in [5, 5.41) is 3.06. The number of piperazine rings is 1. The molecule has 3 amide bonds. The van der Waals surface area contributed by atoms with Crippen LogP contribution in [0.5, 0.6) is 0 Å². The van der Waals surface area contributed by atoms with E-state index in [1.54, 1.807) is 0 Å². The monoisotopic (exact) mass is 468 g/mol. The maximum absolute atomic E-state index is 13.4. The van der Waals surface area contributed by atoms with Crippen molar-refractivity contribution in [3.05, 3.63) is 23.8 Å². The number of nitrogens with one attached hydrogen (secondary N) is 1. The Balaban J connectivity index is 1.50. The van der Waals surface area contributed by atoms with E-state index in [0.717, 1.165) is 57.1 Å². The van der Waals surface area contributed by atoms with Crippen molar-refractivity contribution in [2.24, 2.45) is 11.8 Å². The average molecular weight is 469 g/mol. The van der Waals surface area contributed by atoms with Crippen LogP contribution in [0, 0.1) is 11.8 Å². The SMILES string of the molecule is CCN(CC)C(=O)c1cc(NC(=O)C2CCCC2)ccc1N1CCN(C(=O)C2CCCC2)CC1. The number of carbonyl (C=O) groups is 3. The Kier molecular flexibility index (Phi) is 8.11. The molecule has 1 aliphatic heterocycles. The van der Waals surface area contributed by atoms with Gasteiger partial charge in [-0.2, -0.15) is 0 Å². The molecule has 7 heteroatoms. The summed E-state index contributed by atoms with van der Waals surface area (Å²) in [6.45, 7) is 8.05. The van der Waals surface area contributed by atoms with Gasteiger partial charge in [-0.1, -0.05) is 25.7 Å². The molecule has 0 bridgehead atoms. The third-order valence-electron chi connectivity index (χ3n) is 7.91. The van der Waals surface area contributed by atoms with Gasteiger partial charge in [-0.3, -0.25) is 14.4 Å². The lowest BCUT2D eigenvalue weighted by Gasteiger charge is -2.38. The summed E-state index contributed by atoms with van der Waals surface area (Å²) in [5.74, 6) is 0.634. The van der Waals surface area contributed by atoms with E-state index in [2.05, 4.69) is 10.2 Å². The largest absolute Gasteiger partial charge is 0.367 e. The first-order valence-corrected chi connectivity index (χ1v) is 13.3. The second-order valence-electron chi connectivity index (χ2n) is 9.97. The molecule has 0 radical (unpaired) electrons. The molecule has 0 spiro atoms. The Morgan fingerprint density at radius 3 is 2.06 bits per heavy atom. The third-order valence-corrected chi connectivity index (χ3v) is 7.91. The maximum atomic E-state index is 13.4. The molecule has 186 valence electrons. The van der Waals surface area contributed by atoms with Gasteiger partial charge in [-0.05, 0) is 57.7 Å². The highest BCUT2D eigenvalue weighted by atomic mass is 16.2. The molecule has 1 aromatic carbocycles. The van der Waals surface area contributed by atoms with Gasteiger partial charge in [-0.25, -0.2) is 0 Å². The molecule has 1 saturated heterocycles. The van der Waals surface area contributed by atoms with Gasteiger partial charge in [0.05, 0.1) is 5.56 Å². The Bertz CT molecular complexity index is 878. The van der Waals surface area contributed by atoms with E-state index in [-0.39, 0.29) is 23.7 Å². The summed E-state index contributed by atoms with van der Waals surface area (Å²) < 4.78 is 0. The van der Waals surface area contributed by atoms with Gasteiger partial charge in [0.2, 0.25) is 11.8 Å². The zero-order valence-corrected chi connectivity index (χ0v) is 20.9. The van der Waals surface area contributed by atoms with E-state index in [1.807, 2.05) is 41.8 Å². The highest BCUT2D eigenvalue weighted by Crippen LogP contribution is 2.31. The molecule has 3 aliphatic rings. The molecule has 1 N–H and O–H groups in total. The van der Waals surface area contributed by atoms with Crippen molar-refractivity contribution in [2.45, 2.75) is 65.2 Å². The van der Waals surface area contributed by atoms with E-state index < -0.39 is 0 Å². The van der Waals surface area contributed by atoms with Gasteiger partial charge < -0.3 is 20.0 Å². The van der Waals surface area contributed by atoms with Crippen LogP contribution < -0.4 is 10.2 Å². The fraction of sp³-hybridized carbons (Fsp3) is 0.667. The van der Waals surface area contributed by atoms with Crippen LogP contribution in [0.3, 0.4) is 0 Å². The van der Waals surface area contributed by atoms with E-state index in [0.29, 0.717) is 56.4 Å². The fourth-order valence-electron chi connectivity index (χ4n) is 5.77. The molecule has 3 fully saturated rings. The Hall–Kier alpha value is -2.57. The minimum atomic E-state index is -0.0126. The summed E-state index contributed by atoms with van der Waals surface area (Å²) in [4.78, 5) is 45.0. The number of nitrogens with zero attached hydrogens (tertiary/aromatic N) is 3. The summed E-state index contributed by atoms with van der Waals surface area (Å²) in [7, 11) is 0. The Labute approximate surface area is 203 Å². The number of carbonyl (C=O) groups excluding carboxylic acids is 3. The molecule has 4 rings (SSSR count). The smallest absolute Gasteiger partial charge is 0.256 e. The van der Waals surface area contributed by atoms with Gasteiger partial charge >= 0.3 is 0 Å². The van der Waals surface area contributed by atoms with E-state index in [1.165, 1.54) is 0 Å². The predicted octanol–water partition coefficient (Wildman–Crippen LogP) is 4.14. The van der Waals surface area contributed by atoms with Crippen molar-refractivity contribution in [2.75, 3.05) is 49.5 Å². The zero-order valence-electron chi connectivity index (χ0n) is 20.9. The van der Waals surface area contributed by atoms with Crippen LogP contribution in [-0.2, 0) is 9.59 Å². The lowest BCUT2D eigenvalue weighted by molar-refractivity contribution is -0.135. The maximum Gasteiger partial charge on any atom is 0.256 e. The summed E-state index contributed by atoms with van der Waals surface area (Å²) >= 11 is 0. The molecule has 34 heavy (non-hydrogen) atoms. The summed E-state index contributed by atoms with van der Waals surface area (Å²) in [6.07, 6.45) is 8.48. The van der Waals surface area contributed by atoms with Crippen LogP contribution >= 0.6 is 0 Å². The molecule has 1 heterocycles. The van der Waals surface area contributed by atoms with Crippen LogP contribution in [0.15, 0.2) is 18.2 Å². The first-order valence-electron chi connectivity index (χ1n) is 13.3. The van der Waals surface area contributed by atoms with Gasteiger partial charge in [-0.15, -0.1) is 0 Å². The topological polar surface area (TPSA) is 73.0 Å². The minimum absolute atomic E-state index is 0.0126. The van der Waals surface area contributed by atoms with Crippen molar-refractivity contribution >= 4 is 29.1 Å². The molecule has 7 nitrogen and oxygen atoms in total. The second kappa shape index (κ2) is 11.2. The Morgan fingerprint density at radius 1 is 0.882 bits per heavy atom. The van der Waals surface area contributed by atoms with Crippen molar-refractivity contribution in [3.63, 3.8) is 0 Å². The normalized spacial score (nSPS) is 19.5. The number of benzene rings is 1. The lowest BCUT2D eigenvalue weighted by atomic mass is 10.0.